The van der Waals surface area contributed by atoms with Crippen LogP contribution in [0.1, 0.15) is 43.9 Å². The fraction of sp³-hybridized carbons (Fsp3) is 0.206. The first kappa shape index (κ1) is 22.1. The van der Waals surface area contributed by atoms with Crippen molar-refractivity contribution in [2.75, 3.05) is 5.32 Å². The van der Waals surface area contributed by atoms with Gasteiger partial charge in [0.25, 0.3) is 0 Å². The van der Waals surface area contributed by atoms with E-state index in [0.29, 0.717) is 6.42 Å². The first-order valence-corrected chi connectivity index (χ1v) is 13.1. The fourth-order valence-electron chi connectivity index (χ4n) is 6.71. The van der Waals surface area contributed by atoms with E-state index < -0.39 is 0 Å². The molecule has 0 saturated carbocycles. The van der Waals surface area contributed by atoms with Gasteiger partial charge >= 0.3 is 0 Å². The summed E-state index contributed by atoms with van der Waals surface area (Å²) >= 11 is 0. The van der Waals surface area contributed by atoms with Crippen LogP contribution in [0.5, 0.6) is 0 Å². The first-order valence-electron chi connectivity index (χ1n) is 13.1. The monoisotopic (exact) mass is 482 g/mol. The Labute approximate surface area is 217 Å². The number of nitrogens with zero attached hydrogens (tertiary/aromatic N) is 1. The smallest absolute Gasteiger partial charge is 0.162 e. The molecule has 2 aliphatic rings. The summed E-state index contributed by atoms with van der Waals surface area (Å²) in [7, 11) is 2.14. The maximum absolute atomic E-state index is 14.1. The second-order valence-electron chi connectivity index (χ2n) is 11.3. The molecule has 0 amide bonds. The molecule has 0 unspecified atom stereocenters. The number of nitrogens with one attached hydrogen (secondary N) is 1. The van der Waals surface area contributed by atoms with E-state index >= 15 is 0 Å². The van der Waals surface area contributed by atoms with Gasteiger partial charge in [0.15, 0.2) is 5.78 Å². The second-order valence-corrected chi connectivity index (χ2v) is 11.3. The van der Waals surface area contributed by atoms with Crippen LogP contribution in [0.4, 0.5) is 5.69 Å². The van der Waals surface area contributed by atoms with E-state index in [1.54, 1.807) is 0 Å². The van der Waals surface area contributed by atoms with Gasteiger partial charge in [-0.05, 0) is 45.9 Å². The van der Waals surface area contributed by atoms with Gasteiger partial charge in [0, 0.05) is 46.8 Å². The van der Waals surface area contributed by atoms with Gasteiger partial charge in [-0.1, -0.05) is 92.7 Å². The van der Waals surface area contributed by atoms with E-state index in [1.165, 1.54) is 38.4 Å². The Morgan fingerprint density at radius 2 is 1.51 bits per heavy atom. The number of hydrogen-bond acceptors (Lipinski definition) is 2. The Kier molecular flexibility index (Phi) is 4.75. The largest absolute Gasteiger partial charge is 0.373 e. The van der Waals surface area contributed by atoms with Crippen molar-refractivity contribution in [3.8, 4) is 11.3 Å². The number of benzene rings is 4. The molecule has 3 heteroatoms. The molecule has 1 aliphatic heterocycles. The van der Waals surface area contributed by atoms with Gasteiger partial charge in [0.2, 0.25) is 0 Å². The lowest BCUT2D eigenvalue weighted by molar-refractivity contribution is -0.118. The summed E-state index contributed by atoms with van der Waals surface area (Å²) in [5, 5.41) is 7.50. The van der Waals surface area contributed by atoms with Crippen LogP contribution in [0.15, 0.2) is 96.6 Å². The number of carbonyl (C=O) groups excluding carboxylic acids is 1. The number of rotatable bonds is 2. The molecule has 0 radical (unpaired) electrons. The van der Waals surface area contributed by atoms with E-state index in [2.05, 4.69) is 122 Å². The van der Waals surface area contributed by atoms with E-state index in [9.17, 15) is 4.79 Å². The number of aromatic nitrogens is 1. The molecule has 0 spiro atoms. The van der Waals surface area contributed by atoms with Crippen molar-refractivity contribution in [3.05, 3.63) is 108 Å². The van der Waals surface area contributed by atoms with Crippen LogP contribution in [-0.4, -0.2) is 10.4 Å². The van der Waals surface area contributed by atoms with Crippen molar-refractivity contribution < 1.29 is 4.79 Å². The minimum atomic E-state index is -0.214. The van der Waals surface area contributed by atoms with Gasteiger partial charge in [-0.15, -0.1) is 0 Å². The Morgan fingerprint density at radius 3 is 2.32 bits per heavy atom. The summed E-state index contributed by atoms with van der Waals surface area (Å²) in [6, 6.07) is 31.9. The van der Waals surface area contributed by atoms with E-state index in [4.69, 9.17) is 0 Å². The summed E-state index contributed by atoms with van der Waals surface area (Å²) in [4.78, 5) is 14.1. The van der Waals surface area contributed by atoms with Gasteiger partial charge < -0.3 is 9.88 Å². The number of hydrogen-bond donors (Lipinski definition) is 1. The van der Waals surface area contributed by atoms with Gasteiger partial charge in [-0.3, -0.25) is 4.79 Å². The van der Waals surface area contributed by atoms with Crippen LogP contribution in [0.3, 0.4) is 0 Å². The third kappa shape index (κ3) is 3.30. The summed E-state index contributed by atoms with van der Waals surface area (Å²) in [5.74, 6) is 0.259. The minimum absolute atomic E-state index is 0.0764. The van der Waals surface area contributed by atoms with Crippen LogP contribution in [0, 0.1) is 5.41 Å². The maximum atomic E-state index is 14.1. The standard InChI is InChI=1S/C34H30N2O/c1-34(2)19-25-29-23-14-8-7-11-21(23)17-18-26(29)35-32(30(25)28(37)20-34)31-24-15-9-10-16-27(24)36(3)33(31)22-12-5-4-6-13-22/h4-18,32,35H,19-20H2,1-3H3/t32-/m1/s1. The van der Waals surface area contributed by atoms with Gasteiger partial charge in [-0.2, -0.15) is 0 Å². The molecule has 1 aliphatic carbocycles. The van der Waals surface area contributed by atoms with Crippen molar-refractivity contribution >= 4 is 38.7 Å². The molecule has 0 bridgehead atoms. The zero-order valence-electron chi connectivity index (χ0n) is 21.5. The van der Waals surface area contributed by atoms with Crippen molar-refractivity contribution in [1.29, 1.82) is 0 Å². The number of carbonyl (C=O) groups is 1. The molecule has 1 N–H and O–H groups in total. The molecule has 182 valence electrons. The number of aryl methyl sites for hydroxylation is 1. The van der Waals surface area contributed by atoms with Gasteiger partial charge in [0.05, 0.1) is 11.7 Å². The van der Waals surface area contributed by atoms with Crippen molar-refractivity contribution in [3.63, 3.8) is 0 Å². The Hall–Kier alpha value is -4.11. The van der Waals surface area contributed by atoms with Crippen molar-refractivity contribution in [2.45, 2.75) is 32.7 Å². The number of fused-ring (bicyclic) bond motifs is 5. The lowest BCUT2D eigenvalue weighted by Gasteiger charge is -2.40. The average molecular weight is 483 g/mol. The summed E-state index contributed by atoms with van der Waals surface area (Å²) in [6.45, 7) is 4.45. The van der Waals surface area contributed by atoms with Crippen molar-refractivity contribution in [1.82, 2.24) is 4.57 Å². The molecular formula is C34H30N2O. The molecule has 1 aromatic heterocycles. The Balaban J connectivity index is 1.57. The lowest BCUT2D eigenvalue weighted by Crippen LogP contribution is -2.33. The molecule has 3 nitrogen and oxygen atoms in total. The highest BCUT2D eigenvalue weighted by Gasteiger charge is 2.42. The van der Waals surface area contributed by atoms with Gasteiger partial charge in [-0.25, -0.2) is 0 Å². The summed E-state index contributed by atoms with van der Waals surface area (Å²) < 4.78 is 2.29. The van der Waals surface area contributed by atoms with Crippen LogP contribution in [0.2, 0.25) is 0 Å². The minimum Gasteiger partial charge on any atom is -0.373 e. The number of ketones is 1. The molecule has 7 rings (SSSR count). The molecular weight excluding hydrogens is 452 g/mol. The summed E-state index contributed by atoms with van der Waals surface area (Å²) in [6.07, 6.45) is 1.45. The topological polar surface area (TPSA) is 34.0 Å². The Bertz CT molecular complexity index is 1750. The molecule has 5 aromatic rings. The molecule has 2 heterocycles. The number of para-hydroxylation sites is 1. The van der Waals surface area contributed by atoms with Crippen LogP contribution in [-0.2, 0) is 11.8 Å². The predicted octanol–water partition coefficient (Wildman–Crippen LogP) is 8.31. The quantitative estimate of drug-likeness (QED) is 0.274. The number of Topliss-reactive ketones (excluding diaryl/α,β-unsaturated/α-hetero) is 1. The van der Waals surface area contributed by atoms with Crippen LogP contribution < -0.4 is 5.32 Å². The fourth-order valence-corrected chi connectivity index (χ4v) is 6.71. The zero-order chi connectivity index (χ0) is 25.3. The highest BCUT2D eigenvalue weighted by molar-refractivity contribution is 6.14. The van der Waals surface area contributed by atoms with E-state index in [-0.39, 0.29) is 17.2 Å². The van der Waals surface area contributed by atoms with Crippen LogP contribution in [0.25, 0.3) is 38.5 Å². The first-order chi connectivity index (χ1) is 17.9. The van der Waals surface area contributed by atoms with E-state index in [0.717, 1.165) is 28.9 Å². The Morgan fingerprint density at radius 1 is 0.811 bits per heavy atom. The lowest BCUT2D eigenvalue weighted by atomic mass is 9.67. The maximum Gasteiger partial charge on any atom is 0.162 e. The van der Waals surface area contributed by atoms with Crippen LogP contribution >= 0.6 is 0 Å². The molecule has 0 fully saturated rings. The molecule has 0 saturated heterocycles. The number of allylic oxidation sites excluding steroid dienone is 1. The van der Waals surface area contributed by atoms with Crippen molar-refractivity contribution in [2.24, 2.45) is 12.5 Å². The third-order valence-electron chi connectivity index (χ3n) is 8.22. The SMILES string of the molecule is Cn1c(-c2ccccc2)c([C@@H]2Nc3ccc4ccccc4c3C3=C2C(=O)CC(C)(C)C3)c2ccccc21. The van der Waals surface area contributed by atoms with E-state index in [1.807, 2.05) is 0 Å². The second kappa shape index (κ2) is 7.94. The number of anilines is 1. The third-order valence-corrected chi connectivity index (χ3v) is 8.22. The highest BCUT2D eigenvalue weighted by Crippen LogP contribution is 2.54. The normalized spacial score (nSPS) is 18.6. The summed E-state index contributed by atoms with van der Waals surface area (Å²) in [5.41, 5.74) is 9.07. The molecule has 4 aromatic carbocycles. The average Bonchev–Trinajstić information content (AvgIpc) is 3.20. The highest BCUT2D eigenvalue weighted by atomic mass is 16.1. The molecule has 37 heavy (non-hydrogen) atoms. The molecule has 1 atom stereocenters. The zero-order valence-corrected chi connectivity index (χ0v) is 21.5. The predicted molar refractivity (Wildman–Crippen MR) is 154 cm³/mol. The van der Waals surface area contributed by atoms with Gasteiger partial charge in [0.1, 0.15) is 0 Å².